The number of aromatic nitrogens is 1. The summed E-state index contributed by atoms with van der Waals surface area (Å²) in [5.74, 6) is 0.711. The first-order valence-corrected chi connectivity index (χ1v) is 8.12. The van der Waals surface area contributed by atoms with Crippen LogP contribution in [0.2, 0.25) is 5.02 Å². The van der Waals surface area contributed by atoms with Crippen LogP contribution in [-0.2, 0) is 11.0 Å². The summed E-state index contributed by atoms with van der Waals surface area (Å²) in [4.78, 5) is 15.6. The molecular formula is C17H14ClF3N2O3. The van der Waals surface area contributed by atoms with Crippen molar-refractivity contribution in [2.45, 2.75) is 25.1 Å². The minimum absolute atomic E-state index is 0.0786. The van der Waals surface area contributed by atoms with Crippen LogP contribution in [0.5, 0.6) is 11.5 Å². The summed E-state index contributed by atoms with van der Waals surface area (Å²) in [6.07, 6.45) is -3.77. The molecule has 1 N–H and O–H groups in total. The van der Waals surface area contributed by atoms with Crippen LogP contribution >= 0.6 is 11.6 Å². The Kier molecular flexibility index (Phi) is 5.22. The van der Waals surface area contributed by atoms with Gasteiger partial charge in [0.05, 0.1) is 10.6 Å². The second-order valence-corrected chi connectivity index (χ2v) is 6.04. The largest absolute Gasteiger partial charge is 0.486 e. The second-order valence-electron chi connectivity index (χ2n) is 5.64. The summed E-state index contributed by atoms with van der Waals surface area (Å²) >= 11 is 5.76. The highest BCUT2D eigenvalue weighted by Crippen LogP contribution is 2.33. The number of nitrogens with zero attached hydrogens (tertiary/aromatic N) is 1. The average molecular weight is 387 g/mol. The van der Waals surface area contributed by atoms with Crippen molar-refractivity contribution < 1.29 is 27.4 Å². The van der Waals surface area contributed by atoms with Gasteiger partial charge in [-0.25, -0.2) is 4.98 Å². The summed E-state index contributed by atoms with van der Waals surface area (Å²) in [5, 5.41) is 2.12. The SMILES string of the molecule is O=C(CC[C@@H]1COc2ccccc2O1)Nc1ncc(C(F)(F)F)cc1Cl. The summed E-state index contributed by atoms with van der Waals surface area (Å²) in [5.41, 5.74) is -0.980. The first kappa shape index (κ1) is 18.3. The predicted octanol–water partition coefficient (Wildman–Crippen LogP) is 4.31. The molecule has 1 aromatic heterocycles. The fourth-order valence-electron chi connectivity index (χ4n) is 2.38. The van der Waals surface area contributed by atoms with Crippen LogP contribution in [0.25, 0.3) is 0 Å². The first-order valence-electron chi connectivity index (χ1n) is 7.74. The molecule has 0 aliphatic carbocycles. The number of fused-ring (bicyclic) bond motifs is 1. The molecule has 1 amide bonds. The third-order valence-corrected chi connectivity index (χ3v) is 3.98. The molecule has 9 heteroatoms. The third-order valence-electron chi connectivity index (χ3n) is 3.69. The average Bonchev–Trinajstić information content (AvgIpc) is 2.60. The highest BCUT2D eigenvalue weighted by atomic mass is 35.5. The third kappa shape index (κ3) is 4.37. The number of pyridine rings is 1. The van der Waals surface area contributed by atoms with Crippen molar-refractivity contribution in [2.75, 3.05) is 11.9 Å². The van der Waals surface area contributed by atoms with Crippen LogP contribution < -0.4 is 14.8 Å². The van der Waals surface area contributed by atoms with E-state index in [2.05, 4.69) is 10.3 Å². The molecule has 26 heavy (non-hydrogen) atoms. The standard InChI is InChI=1S/C17H14ClF3N2O3/c18-12-7-10(17(19,20)21)8-22-16(12)23-15(24)6-5-11-9-25-13-3-1-2-4-14(13)26-11/h1-4,7-8,11H,5-6,9H2,(H,22,23,24)/t11-/m1/s1. The molecule has 3 rings (SSSR count). The summed E-state index contributed by atoms with van der Waals surface area (Å²) in [6.45, 7) is 0.309. The molecule has 5 nitrogen and oxygen atoms in total. The highest BCUT2D eigenvalue weighted by Gasteiger charge is 2.31. The van der Waals surface area contributed by atoms with Gasteiger partial charge in [-0.15, -0.1) is 0 Å². The van der Waals surface area contributed by atoms with Gasteiger partial charge >= 0.3 is 6.18 Å². The van der Waals surface area contributed by atoms with Crippen molar-refractivity contribution in [2.24, 2.45) is 0 Å². The zero-order valence-corrected chi connectivity index (χ0v) is 14.1. The number of ether oxygens (including phenoxy) is 2. The lowest BCUT2D eigenvalue weighted by Crippen LogP contribution is -2.30. The van der Waals surface area contributed by atoms with Crippen LogP contribution in [0, 0.1) is 0 Å². The summed E-state index contributed by atoms with van der Waals surface area (Å²) < 4.78 is 49.0. The van der Waals surface area contributed by atoms with E-state index >= 15 is 0 Å². The lowest BCUT2D eigenvalue weighted by Gasteiger charge is -2.26. The number of hydrogen-bond acceptors (Lipinski definition) is 4. The molecule has 1 aliphatic rings. The maximum atomic E-state index is 12.6. The Morgan fingerprint density at radius 3 is 2.73 bits per heavy atom. The van der Waals surface area contributed by atoms with E-state index in [1.807, 2.05) is 12.1 Å². The lowest BCUT2D eigenvalue weighted by atomic mass is 10.1. The maximum Gasteiger partial charge on any atom is 0.417 e. The van der Waals surface area contributed by atoms with Crippen molar-refractivity contribution in [3.05, 3.63) is 47.1 Å². The number of carbonyl (C=O) groups is 1. The van der Waals surface area contributed by atoms with Crippen LogP contribution in [-0.4, -0.2) is 23.6 Å². The van der Waals surface area contributed by atoms with E-state index in [9.17, 15) is 18.0 Å². The molecule has 0 unspecified atom stereocenters. The zero-order valence-electron chi connectivity index (χ0n) is 13.3. The van der Waals surface area contributed by atoms with Crippen LogP contribution in [0.1, 0.15) is 18.4 Å². The lowest BCUT2D eigenvalue weighted by molar-refractivity contribution is -0.137. The van der Waals surface area contributed by atoms with E-state index in [0.29, 0.717) is 30.7 Å². The fourth-order valence-corrected chi connectivity index (χ4v) is 2.59. The Morgan fingerprint density at radius 1 is 1.31 bits per heavy atom. The van der Waals surface area contributed by atoms with Gasteiger partial charge in [0.15, 0.2) is 17.3 Å². The molecule has 0 fully saturated rings. The van der Waals surface area contributed by atoms with Gasteiger partial charge in [-0.1, -0.05) is 23.7 Å². The predicted molar refractivity (Wildman–Crippen MR) is 88.5 cm³/mol. The number of halogens is 4. The van der Waals surface area contributed by atoms with Gasteiger partial charge in [-0.3, -0.25) is 4.79 Å². The number of amides is 1. The number of para-hydroxylation sites is 2. The Morgan fingerprint density at radius 2 is 2.04 bits per heavy atom. The Labute approximate surface area is 152 Å². The number of benzene rings is 1. The number of alkyl halides is 3. The molecule has 1 aromatic carbocycles. The molecule has 0 bridgehead atoms. The zero-order chi connectivity index (χ0) is 18.7. The molecule has 0 radical (unpaired) electrons. The number of carbonyl (C=O) groups excluding carboxylic acids is 1. The van der Waals surface area contributed by atoms with Gasteiger partial charge in [0.25, 0.3) is 0 Å². The van der Waals surface area contributed by atoms with Gasteiger partial charge in [0.2, 0.25) is 5.91 Å². The van der Waals surface area contributed by atoms with Crippen LogP contribution in [0.4, 0.5) is 19.0 Å². The number of rotatable bonds is 4. The molecule has 0 spiro atoms. The number of hydrogen-bond donors (Lipinski definition) is 1. The normalized spacial score (nSPS) is 16.2. The molecule has 1 atom stereocenters. The molecule has 0 saturated carbocycles. The van der Waals surface area contributed by atoms with Gasteiger partial charge in [0.1, 0.15) is 12.7 Å². The number of nitrogens with one attached hydrogen (secondary N) is 1. The van der Waals surface area contributed by atoms with E-state index in [4.69, 9.17) is 21.1 Å². The molecule has 2 heterocycles. The Bertz CT molecular complexity index is 814. The highest BCUT2D eigenvalue weighted by molar-refractivity contribution is 6.33. The molecule has 0 saturated heterocycles. The molecule has 1 aliphatic heterocycles. The van der Waals surface area contributed by atoms with E-state index < -0.39 is 17.6 Å². The van der Waals surface area contributed by atoms with E-state index in [0.717, 1.165) is 6.07 Å². The van der Waals surface area contributed by atoms with E-state index in [-0.39, 0.29) is 23.4 Å². The Balaban J connectivity index is 1.54. The minimum Gasteiger partial charge on any atom is -0.486 e. The van der Waals surface area contributed by atoms with Crippen molar-refractivity contribution in [1.82, 2.24) is 4.98 Å². The van der Waals surface area contributed by atoms with Gasteiger partial charge in [0, 0.05) is 12.6 Å². The van der Waals surface area contributed by atoms with E-state index in [1.54, 1.807) is 12.1 Å². The van der Waals surface area contributed by atoms with Gasteiger partial charge in [-0.05, 0) is 24.6 Å². The molecule has 2 aromatic rings. The van der Waals surface area contributed by atoms with Crippen LogP contribution in [0.15, 0.2) is 36.5 Å². The number of anilines is 1. The van der Waals surface area contributed by atoms with Gasteiger partial charge < -0.3 is 14.8 Å². The first-order chi connectivity index (χ1) is 12.3. The smallest absolute Gasteiger partial charge is 0.417 e. The van der Waals surface area contributed by atoms with Crippen molar-refractivity contribution in [3.63, 3.8) is 0 Å². The molecular weight excluding hydrogens is 373 g/mol. The monoisotopic (exact) mass is 386 g/mol. The fraction of sp³-hybridized carbons (Fsp3) is 0.294. The Hall–Kier alpha value is -2.48. The van der Waals surface area contributed by atoms with Gasteiger partial charge in [-0.2, -0.15) is 13.2 Å². The second kappa shape index (κ2) is 7.41. The molecule has 138 valence electrons. The van der Waals surface area contributed by atoms with E-state index in [1.165, 1.54) is 0 Å². The van der Waals surface area contributed by atoms with Crippen LogP contribution in [0.3, 0.4) is 0 Å². The van der Waals surface area contributed by atoms with Crippen molar-refractivity contribution >= 4 is 23.3 Å². The maximum absolute atomic E-state index is 12.6. The van der Waals surface area contributed by atoms with Crippen molar-refractivity contribution in [1.29, 1.82) is 0 Å². The topological polar surface area (TPSA) is 60.5 Å². The minimum atomic E-state index is -4.55. The summed E-state index contributed by atoms with van der Waals surface area (Å²) in [7, 11) is 0. The van der Waals surface area contributed by atoms with Crippen molar-refractivity contribution in [3.8, 4) is 11.5 Å². The quantitative estimate of drug-likeness (QED) is 0.850. The summed E-state index contributed by atoms with van der Waals surface area (Å²) in [6, 6.07) is 7.93.